The van der Waals surface area contributed by atoms with Gasteiger partial charge in [0.05, 0.1) is 18.1 Å². The van der Waals surface area contributed by atoms with Crippen molar-refractivity contribution in [2.45, 2.75) is 46.0 Å². The highest BCUT2D eigenvalue weighted by molar-refractivity contribution is 6.02. The molecular weight excluding hydrogens is 429 g/mol. The molecule has 1 aliphatic heterocycles. The molecule has 0 spiro atoms. The van der Waals surface area contributed by atoms with Gasteiger partial charge in [0.15, 0.2) is 5.65 Å². The molecule has 1 fully saturated rings. The number of hydrogen-bond donors (Lipinski definition) is 2. The lowest BCUT2D eigenvalue weighted by molar-refractivity contribution is -0.114. The zero-order valence-electron chi connectivity index (χ0n) is 18.6. The van der Waals surface area contributed by atoms with Crippen molar-refractivity contribution in [2.75, 3.05) is 12.4 Å². The summed E-state index contributed by atoms with van der Waals surface area (Å²) in [4.78, 5) is 34.7. The van der Waals surface area contributed by atoms with Gasteiger partial charge in [0.2, 0.25) is 17.7 Å². The van der Waals surface area contributed by atoms with Crippen molar-refractivity contribution in [1.29, 1.82) is 0 Å². The van der Waals surface area contributed by atoms with Crippen LogP contribution >= 0.6 is 0 Å². The minimum absolute atomic E-state index is 0.0293. The Hall–Kier alpha value is -3.53. The number of halogens is 1. The van der Waals surface area contributed by atoms with E-state index in [2.05, 4.69) is 15.3 Å². The van der Waals surface area contributed by atoms with Crippen LogP contribution in [0.1, 0.15) is 42.6 Å². The third-order valence-corrected chi connectivity index (χ3v) is 6.41. The third-order valence-electron chi connectivity index (χ3n) is 6.41. The van der Waals surface area contributed by atoms with Crippen molar-refractivity contribution >= 4 is 28.8 Å². The fourth-order valence-electron chi connectivity index (χ4n) is 4.59. The maximum absolute atomic E-state index is 15.2. The van der Waals surface area contributed by atoms with Crippen LogP contribution in [0.2, 0.25) is 0 Å². The van der Waals surface area contributed by atoms with Gasteiger partial charge in [0.1, 0.15) is 12.5 Å². The first kappa shape index (κ1) is 21.3. The molecule has 9 nitrogen and oxygen atoms in total. The van der Waals surface area contributed by atoms with Crippen molar-refractivity contribution in [3.63, 3.8) is 0 Å². The average Bonchev–Trinajstić information content (AvgIpc) is 3.48. The van der Waals surface area contributed by atoms with E-state index in [1.165, 1.54) is 24.7 Å². The van der Waals surface area contributed by atoms with E-state index >= 15 is 4.39 Å². The van der Waals surface area contributed by atoms with E-state index < -0.39 is 12.5 Å². The number of carbonyl (C=O) groups excluding carboxylic acids is 2. The van der Waals surface area contributed by atoms with Crippen molar-refractivity contribution in [1.82, 2.24) is 19.4 Å². The zero-order valence-corrected chi connectivity index (χ0v) is 18.6. The number of methoxy groups -OCH3 is 1. The van der Waals surface area contributed by atoms with Crippen LogP contribution in [0.3, 0.4) is 0 Å². The molecule has 10 heteroatoms. The van der Waals surface area contributed by atoms with E-state index in [1.54, 1.807) is 17.2 Å². The van der Waals surface area contributed by atoms with Crippen LogP contribution in [-0.4, -0.2) is 49.5 Å². The molecule has 2 amide bonds. The van der Waals surface area contributed by atoms with Crippen LogP contribution in [0.15, 0.2) is 18.3 Å². The molecule has 5 rings (SSSR count). The Balaban J connectivity index is 1.63. The number of fused-ring (bicyclic) bond motifs is 2. The van der Waals surface area contributed by atoms with Crippen molar-refractivity contribution in [2.24, 2.45) is 5.92 Å². The summed E-state index contributed by atoms with van der Waals surface area (Å²) in [6.07, 6.45) is 3.81. The topological polar surface area (TPSA) is 110 Å². The molecule has 2 aromatic heterocycles. The quantitative estimate of drug-likeness (QED) is 0.594. The second kappa shape index (κ2) is 7.80. The highest BCUT2D eigenvalue weighted by Crippen LogP contribution is 2.41. The predicted octanol–water partition coefficient (Wildman–Crippen LogP) is 2.91. The van der Waals surface area contributed by atoms with Gasteiger partial charge in [-0.25, -0.2) is 4.39 Å². The van der Waals surface area contributed by atoms with Gasteiger partial charge in [-0.2, -0.15) is 9.97 Å². The highest BCUT2D eigenvalue weighted by atomic mass is 19.1. The molecule has 1 aromatic carbocycles. The van der Waals surface area contributed by atoms with Crippen LogP contribution < -0.4 is 10.1 Å². The normalized spacial score (nSPS) is 16.3. The molecule has 1 atom stereocenters. The van der Waals surface area contributed by atoms with Crippen LogP contribution in [0.5, 0.6) is 5.88 Å². The van der Waals surface area contributed by atoms with Gasteiger partial charge >= 0.3 is 0 Å². The second-order valence-electron chi connectivity index (χ2n) is 8.59. The summed E-state index contributed by atoms with van der Waals surface area (Å²) in [7, 11) is 1.43. The monoisotopic (exact) mass is 453 g/mol. The van der Waals surface area contributed by atoms with Crippen molar-refractivity contribution in [3.05, 3.63) is 35.3 Å². The summed E-state index contributed by atoms with van der Waals surface area (Å²) in [5.41, 5.74) is 2.14. The SMILES string of the molecule is COc1nc(NC(C)=O)nc2c1c(-c1cc(F)c3c(c1)CN([C@@H](C)C1CC1)C3=O)cn2CO. The minimum atomic E-state index is -0.586. The molecule has 0 unspecified atom stereocenters. The largest absolute Gasteiger partial charge is 0.480 e. The molecule has 2 aliphatic rings. The van der Waals surface area contributed by atoms with E-state index in [9.17, 15) is 14.7 Å². The van der Waals surface area contributed by atoms with E-state index in [0.717, 1.165) is 12.8 Å². The van der Waals surface area contributed by atoms with Gasteiger partial charge in [0, 0.05) is 31.3 Å². The lowest BCUT2D eigenvalue weighted by Crippen LogP contribution is -2.34. The second-order valence-corrected chi connectivity index (χ2v) is 8.59. The lowest BCUT2D eigenvalue weighted by Gasteiger charge is -2.23. The minimum Gasteiger partial charge on any atom is -0.480 e. The first-order chi connectivity index (χ1) is 15.8. The fraction of sp³-hybridized carbons (Fsp3) is 0.391. The Morgan fingerprint density at radius 2 is 2.12 bits per heavy atom. The van der Waals surface area contributed by atoms with Crippen LogP contribution in [0, 0.1) is 11.7 Å². The maximum Gasteiger partial charge on any atom is 0.257 e. The van der Waals surface area contributed by atoms with E-state index in [-0.39, 0.29) is 35.2 Å². The average molecular weight is 453 g/mol. The first-order valence-electron chi connectivity index (χ1n) is 10.8. The summed E-state index contributed by atoms with van der Waals surface area (Å²) in [5, 5.41) is 12.9. The molecule has 0 bridgehead atoms. The van der Waals surface area contributed by atoms with Crippen molar-refractivity contribution in [3.8, 4) is 17.0 Å². The number of aliphatic hydroxyl groups is 1. The summed E-state index contributed by atoms with van der Waals surface area (Å²) >= 11 is 0. The van der Waals surface area contributed by atoms with E-state index in [1.807, 2.05) is 6.92 Å². The number of nitrogens with zero attached hydrogens (tertiary/aromatic N) is 4. The molecular formula is C23H24FN5O4. The van der Waals surface area contributed by atoms with Gasteiger partial charge in [0.25, 0.3) is 5.91 Å². The number of hydrogen-bond acceptors (Lipinski definition) is 6. The highest BCUT2D eigenvalue weighted by Gasteiger charge is 2.40. The first-order valence-corrected chi connectivity index (χ1v) is 10.8. The Morgan fingerprint density at radius 3 is 2.76 bits per heavy atom. The Bertz CT molecular complexity index is 1300. The van der Waals surface area contributed by atoms with Gasteiger partial charge in [-0.15, -0.1) is 0 Å². The Kier molecular flexibility index (Phi) is 5.04. The van der Waals surface area contributed by atoms with Gasteiger partial charge in [-0.1, -0.05) is 0 Å². The van der Waals surface area contributed by atoms with Crippen LogP contribution in [0.4, 0.5) is 10.3 Å². The van der Waals surface area contributed by atoms with E-state index in [0.29, 0.717) is 40.2 Å². The van der Waals surface area contributed by atoms with Gasteiger partial charge in [-0.05, 0) is 48.9 Å². The molecule has 1 saturated carbocycles. The number of carbonyl (C=O) groups is 2. The van der Waals surface area contributed by atoms with Gasteiger partial charge < -0.3 is 19.3 Å². The number of amides is 2. The maximum atomic E-state index is 15.2. The number of aliphatic hydroxyl groups excluding tert-OH is 1. The summed E-state index contributed by atoms with van der Waals surface area (Å²) < 4.78 is 22.1. The molecule has 0 saturated heterocycles. The smallest absolute Gasteiger partial charge is 0.257 e. The van der Waals surface area contributed by atoms with Gasteiger partial charge in [-0.3, -0.25) is 14.9 Å². The number of benzene rings is 1. The predicted molar refractivity (Wildman–Crippen MR) is 118 cm³/mol. The number of aromatic nitrogens is 3. The number of nitrogens with one attached hydrogen (secondary N) is 1. The Morgan fingerprint density at radius 1 is 1.36 bits per heavy atom. The zero-order chi connectivity index (χ0) is 23.4. The number of ether oxygens (including phenoxy) is 1. The number of rotatable bonds is 6. The molecule has 0 radical (unpaired) electrons. The van der Waals surface area contributed by atoms with E-state index in [4.69, 9.17) is 4.74 Å². The number of anilines is 1. The van der Waals surface area contributed by atoms with Crippen molar-refractivity contribution < 1.29 is 23.8 Å². The van der Waals surface area contributed by atoms with Crippen LogP contribution in [-0.2, 0) is 18.1 Å². The third kappa shape index (κ3) is 3.50. The fourth-order valence-corrected chi connectivity index (χ4v) is 4.59. The summed E-state index contributed by atoms with van der Waals surface area (Å²) in [6, 6.07) is 3.19. The lowest BCUT2D eigenvalue weighted by atomic mass is 10.00. The van der Waals surface area contributed by atoms with Crippen LogP contribution in [0.25, 0.3) is 22.2 Å². The summed E-state index contributed by atoms with van der Waals surface area (Å²) in [6.45, 7) is 3.31. The molecule has 3 aromatic rings. The molecule has 33 heavy (non-hydrogen) atoms. The molecule has 172 valence electrons. The molecule has 1 aliphatic carbocycles. The summed E-state index contributed by atoms with van der Waals surface area (Å²) in [5.74, 6) is -0.528. The molecule has 3 heterocycles. The standard InChI is InChI=1S/C23H24FN5O4/c1-11(13-4-5-13)29-8-15-6-14(7-17(24)18(15)22(29)32)16-9-28(10-30)20-19(16)21(33-3)27-23(26-20)25-12(2)31/h6-7,9,11,13,30H,4-5,8,10H2,1-3H3,(H,25,26,27,31)/t11-/m0/s1. The molecule has 2 N–H and O–H groups in total. The Labute approximate surface area is 189 Å².